The predicted octanol–water partition coefficient (Wildman–Crippen LogP) is 3.37. The van der Waals surface area contributed by atoms with Gasteiger partial charge in [-0.3, -0.25) is 14.4 Å². The highest BCUT2D eigenvalue weighted by Gasteiger charge is 2.76. The molecule has 0 amide bonds. The summed E-state index contributed by atoms with van der Waals surface area (Å²) >= 11 is 0. The van der Waals surface area contributed by atoms with Gasteiger partial charge >= 0.3 is 11.9 Å². The van der Waals surface area contributed by atoms with Crippen LogP contribution in [0.1, 0.15) is 67.7 Å². The van der Waals surface area contributed by atoms with E-state index in [-0.39, 0.29) is 47.9 Å². The highest BCUT2D eigenvalue weighted by molar-refractivity contribution is 5.95. The summed E-state index contributed by atoms with van der Waals surface area (Å²) in [5.74, 6) is -1.85. The molecule has 0 aromatic carbocycles. The summed E-state index contributed by atoms with van der Waals surface area (Å²) in [5.41, 5.74) is -2.71. The first-order valence-electron chi connectivity index (χ1n) is 13.0. The third kappa shape index (κ3) is 3.48. The fraction of sp³-hybridized carbons (Fsp3) is 0.750. The van der Waals surface area contributed by atoms with Gasteiger partial charge in [-0.1, -0.05) is 53.7 Å². The topological polar surface area (TPSA) is 110 Å². The van der Waals surface area contributed by atoms with Crippen LogP contribution in [0.25, 0.3) is 0 Å². The maximum Gasteiger partial charge on any atom is 0.308 e. The Morgan fingerprint density at radius 1 is 1.26 bits per heavy atom. The van der Waals surface area contributed by atoms with E-state index in [0.29, 0.717) is 17.6 Å². The number of ketones is 1. The number of carbonyl (C=O) groups excluding carboxylic acids is 3. The number of rotatable bonds is 6. The second-order valence-corrected chi connectivity index (χ2v) is 11.8. The number of fused-ring (bicyclic) bond motifs is 3. The summed E-state index contributed by atoms with van der Waals surface area (Å²) in [6.07, 6.45) is 2.20. The average Bonchev–Trinajstić information content (AvgIpc) is 3.31. The summed E-state index contributed by atoms with van der Waals surface area (Å²) in [5, 5.41) is 24.2. The van der Waals surface area contributed by atoms with Gasteiger partial charge < -0.3 is 19.7 Å². The molecule has 0 aliphatic heterocycles. The number of aliphatic hydroxyl groups excluding tert-OH is 1. The van der Waals surface area contributed by atoms with E-state index in [9.17, 15) is 24.6 Å². The van der Waals surface area contributed by atoms with Crippen molar-refractivity contribution < 1.29 is 34.1 Å². The van der Waals surface area contributed by atoms with Crippen molar-refractivity contribution in [1.82, 2.24) is 0 Å². The van der Waals surface area contributed by atoms with Gasteiger partial charge in [-0.15, -0.1) is 0 Å². The number of carbonyl (C=O) groups is 3. The number of hydrogen-bond donors (Lipinski definition) is 2. The highest BCUT2D eigenvalue weighted by Crippen LogP contribution is 2.71. The van der Waals surface area contributed by atoms with Gasteiger partial charge in [0.2, 0.25) is 0 Å². The molecule has 194 valence electrons. The molecule has 0 saturated heterocycles. The van der Waals surface area contributed by atoms with Crippen molar-refractivity contribution in [2.75, 3.05) is 6.61 Å². The van der Waals surface area contributed by atoms with Gasteiger partial charge in [0.15, 0.2) is 17.5 Å². The number of allylic oxidation sites excluding steroid dienone is 1. The summed E-state index contributed by atoms with van der Waals surface area (Å²) in [7, 11) is 0. The molecule has 9 atom stereocenters. The lowest BCUT2D eigenvalue weighted by Gasteiger charge is -2.48. The molecule has 4 rings (SSSR count). The van der Waals surface area contributed by atoms with Gasteiger partial charge in [0, 0.05) is 12.3 Å². The molecule has 7 heteroatoms. The Labute approximate surface area is 207 Å². The number of Topliss-reactive ketones (excluding diaryl/α,β-unsaturated/α-hetero) is 1. The third-order valence-corrected chi connectivity index (χ3v) is 9.65. The van der Waals surface area contributed by atoms with E-state index >= 15 is 0 Å². The minimum atomic E-state index is -2.09. The first-order valence-corrected chi connectivity index (χ1v) is 13.0. The van der Waals surface area contributed by atoms with Gasteiger partial charge in [0.05, 0.1) is 11.3 Å². The maximum atomic E-state index is 14.4. The molecule has 35 heavy (non-hydrogen) atoms. The standard InChI is InChI=1S/C28H40O7/c1-8-14(3)25(32)34-13-17-11-18-21-19(26(21,6)7)10-16(5)27(23(18)31)12-15(4)24(35-20(29)9-2)28(27,33)22(17)30/h11-12,14,16,18-19,21-22,24,30,33H,8-10,13H2,1-7H3. The molecule has 9 unspecified atom stereocenters. The van der Waals surface area contributed by atoms with Crippen LogP contribution >= 0.6 is 0 Å². The molecular weight excluding hydrogens is 448 g/mol. The van der Waals surface area contributed by atoms with Crippen molar-refractivity contribution in [3.63, 3.8) is 0 Å². The van der Waals surface area contributed by atoms with Crippen LogP contribution in [0, 0.1) is 40.4 Å². The maximum absolute atomic E-state index is 14.4. The lowest BCUT2D eigenvalue weighted by atomic mass is 9.59. The van der Waals surface area contributed by atoms with Gasteiger partial charge in [-0.05, 0) is 54.1 Å². The molecule has 0 aromatic rings. The van der Waals surface area contributed by atoms with Crippen LogP contribution < -0.4 is 0 Å². The summed E-state index contributed by atoms with van der Waals surface area (Å²) in [6, 6.07) is 0. The number of hydrogen-bond acceptors (Lipinski definition) is 7. The fourth-order valence-corrected chi connectivity index (χ4v) is 7.26. The molecule has 0 aromatic heterocycles. The third-order valence-electron chi connectivity index (χ3n) is 9.65. The smallest absolute Gasteiger partial charge is 0.308 e. The van der Waals surface area contributed by atoms with Crippen LogP contribution in [0.3, 0.4) is 0 Å². The zero-order valence-electron chi connectivity index (χ0n) is 22.0. The van der Waals surface area contributed by atoms with Gasteiger partial charge in [-0.25, -0.2) is 0 Å². The van der Waals surface area contributed by atoms with E-state index in [1.54, 1.807) is 32.9 Å². The second-order valence-electron chi connectivity index (χ2n) is 11.8. The van der Waals surface area contributed by atoms with Crippen molar-refractivity contribution in [2.24, 2.45) is 40.4 Å². The molecule has 4 aliphatic carbocycles. The molecule has 2 bridgehead atoms. The summed E-state index contributed by atoms with van der Waals surface area (Å²) in [6.45, 7) is 13.1. The Kier molecular flexibility index (Phi) is 6.37. The molecule has 2 saturated carbocycles. The minimum absolute atomic E-state index is 0.0515. The first-order chi connectivity index (χ1) is 16.3. The van der Waals surface area contributed by atoms with E-state index in [1.165, 1.54) is 0 Å². The Morgan fingerprint density at radius 2 is 1.91 bits per heavy atom. The van der Waals surface area contributed by atoms with E-state index < -0.39 is 41.1 Å². The van der Waals surface area contributed by atoms with Crippen LogP contribution in [0.5, 0.6) is 0 Å². The monoisotopic (exact) mass is 488 g/mol. The first kappa shape index (κ1) is 26.1. The average molecular weight is 489 g/mol. The molecule has 2 fully saturated rings. The van der Waals surface area contributed by atoms with Crippen molar-refractivity contribution >= 4 is 17.7 Å². The number of esters is 2. The van der Waals surface area contributed by atoms with Crippen molar-refractivity contribution in [1.29, 1.82) is 0 Å². The lowest BCUT2D eigenvalue weighted by molar-refractivity contribution is -0.203. The van der Waals surface area contributed by atoms with E-state index in [0.717, 1.165) is 6.42 Å². The van der Waals surface area contributed by atoms with E-state index in [1.807, 2.05) is 13.8 Å². The van der Waals surface area contributed by atoms with Crippen LogP contribution in [0.15, 0.2) is 23.3 Å². The second kappa shape index (κ2) is 8.55. The van der Waals surface area contributed by atoms with Crippen LogP contribution in [0.2, 0.25) is 0 Å². The summed E-state index contributed by atoms with van der Waals surface area (Å²) in [4.78, 5) is 39.2. The van der Waals surface area contributed by atoms with Crippen LogP contribution in [0.4, 0.5) is 0 Å². The normalized spacial score (nSPS) is 41.9. The van der Waals surface area contributed by atoms with Crippen molar-refractivity contribution in [3.8, 4) is 0 Å². The van der Waals surface area contributed by atoms with Crippen LogP contribution in [-0.4, -0.2) is 52.4 Å². The zero-order chi connectivity index (χ0) is 26.1. The largest absolute Gasteiger partial charge is 0.461 e. The summed E-state index contributed by atoms with van der Waals surface area (Å²) < 4.78 is 11.2. The van der Waals surface area contributed by atoms with Crippen molar-refractivity contribution in [3.05, 3.63) is 23.3 Å². The molecule has 7 nitrogen and oxygen atoms in total. The van der Waals surface area contributed by atoms with Gasteiger partial charge in [0.25, 0.3) is 0 Å². The minimum Gasteiger partial charge on any atom is -0.461 e. The highest BCUT2D eigenvalue weighted by atomic mass is 16.6. The SMILES string of the molecule is CCC(=O)OC1C(C)=CC23C(=O)C(C=C(COC(=O)C(C)CC)C(O)C12O)C1C(CC3C)C1(C)C. The fourth-order valence-electron chi connectivity index (χ4n) is 7.26. The molecule has 2 N–H and O–H groups in total. The Morgan fingerprint density at radius 3 is 2.51 bits per heavy atom. The lowest BCUT2D eigenvalue weighted by Crippen LogP contribution is -2.65. The predicted molar refractivity (Wildman–Crippen MR) is 129 cm³/mol. The Hall–Kier alpha value is -1.99. The van der Waals surface area contributed by atoms with Crippen LogP contribution in [-0.2, 0) is 23.9 Å². The Balaban J connectivity index is 1.85. The molecule has 0 heterocycles. The number of ether oxygens (including phenoxy) is 2. The number of aliphatic hydroxyl groups is 2. The van der Waals surface area contributed by atoms with E-state index in [4.69, 9.17) is 9.47 Å². The van der Waals surface area contributed by atoms with Crippen molar-refractivity contribution in [2.45, 2.75) is 85.5 Å². The molecular formula is C28H40O7. The van der Waals surface area contributed by atoms with Gasteiger partial charge in [0.1, 0.15) is 12.7 Å². The molecule has 4 aliphatic rings. The quantitative estimate of drug-likeness (QED) is 0.436. The zero-order valence-corrected chi connectivity index (χ0v) is 22.0. The molecule has 1 spiro atoms. The van der Waals surface area contributed by atoms with E-state index in [2.05, 4.69) is 13.8 Å². The Bertz CT molecular complexity index is 993. The van der Waals surface area contributed by atoms with Gasteiger partial charge in [-0.2, -0.15) is 0 Å². The molecule has 0 radical (unpaired) electrons.